The number of aliphatic hydroxyl groups is 1. The molecule has 0 saturated carbocycles. The third kappa shape index (κ3) is 3.10. The van der Waals surface area contributed by atoms with Crippen molar-refractivity contribution >= 4 is 11.8 Å². The minimum atomic E-state index is -0.569. The van der Waals surface area contributed by atoms with Crippen molar-refractivity contribution in [3.8, 4) is 0 Å². The maximum atomic E-state index is 13.2. The molecule has 1 spiro atoms. The van der Waals surface area contributed by atoms with E-state index in [1.165, 1.54) is 31.4 Å². The number of aliphatic hydroxyl groups excluding tert-OH is 1. The van der Waals surface area contributed by atoms with Gasteiger partial charge >= 0.3 is 0 Å². The van der Waals surface area contributed by atoms with Crippen molar-refractivity contribution in [2.75, 3.05) is 33.4 Å². The van der Waals surface area contributed by atoms with Crippen LogP contribution in [0.25, 0.3) is 0 Å². The Balaban J connectivity index is 1.60. The van der Waals surface area contributed by atoms with Crippen LogP contribution in [0, 0.1) is 5.82 Å². The van der Waals surface area contributed by atoms with Crippen molar-refractivity contribution in [3.63, 3.8) is 0 Å². The lowest BCUT2D eigenvalue weighted by atomic mass is 9.60. The summed E-state index contributed by atoms with van der Waals surface area (Å²) in [5.74, 6) is -0.875. The number of rotatable bonds is 5. The van der Waals surface area contributed by atoms with Crippen LogP contribution < -0.4 is 0 Å². The topological polar surface area (TPSA) is 70.1 Å². The normalized spacial score (nSPS) is 22.2. The van der Waals surface area contributed by atoms with Gasteiger partial charge in [-0.1, -0.05) is 30.3 Å². The second-order valence-corrected chi connectivity index (χ2v) is 7.61. The Bertz CT molecular complexity index is 897. The smallest absolute Gasteiger partial charge is 0.254 e. The van der Waals surface area contributed by atoms with Crippen LogP contribution in [-0.2, 0) is 9.53 Å². The third-order valence-electron chi connectivity index (χ3n) is 5.97. The van der Waals surface area contributed by atoms with Gasteiger partial charge in [0.15, 0.2) is 0 Å². The summed E-state index contributed by atoms with van der Waals surface area (Å²) >= 11 is 0. The molecule has 1 N–H and O–H groups in total. The zero-order valence-corrected chi connectivity index (χ0v) is 16.1. The molecule has 0 radical (unpaired) electrons. The fraction of sp³-hybridized carbons (Fsp3) is 0.364. The number of methoxy groups -OCH3 is 1. The van der Waals surface area contributed by atoms with Gasteiger partial charge in [0.1, 0.15) is 12.4 Å². The molecular formula is C22H23FN2O4. The van der Waals surface area contributed by atoms with Crippen molar-refractivity contribution in [2.45, 2.75) is 17.5 Å². The summed E-state index contributed by atoms with van der Waals surface area (Å²) in [6.07, 6.45) is 0. The summed E-state index contributed by atoms with van der Waals surface area (Å²) in [4.78, 5) is 28.8. The molecule has 2 aliphatic rings. The van der Waals surface area contributed by atoms with Crippen LogP contribution in [0.15, 0.2) is 54.6 Å². The first-order chi connectivity index (χ1) is 14.0. The van der Waals surface area contributed by atoms with E-state index in [2.05, 4.69) is 0 Å². The van der Waals surface area contributed by atoms with Crippen LogP contribution >= 0.6 is 0 Å². The highest BCUT2D eigenvalue weighted by Crippen LogP contribution is 2.54. The molecule has 29 heavy (non-hydrogen) atoms. The van der Waals surface area contributed by atoms with E-state index in [0.717, 1.165) is 5.56 Å². The van der Waals surface area contributed by atoms with E-state index in [9.17, 15) is 19.1 Å². The molecule has 2 saturated heterocycles. The van der Waals surface area contributed by atoms with E-state index in [0.29, 0.717) is 18.7 Å². The summed E-state index contributed by atoms with van der Waals surface area (Å²) in [6, 6.07) is 14.8. The second kappa shape index (κ2) is 7.57. The number of benzene rings is 2. The molecule has 2 atom stereocenters. The lowest BCUT2D eigenvalue weighted by molar-refractivity contribution is -0.196. The zero-order chi connectivity index (χ0) is 20.6. The highest BCUT2D eigenvalue weighted by atomic mass is 19.1. The highest BCUT2D eigenvalue weighted by molar-refractivity contribution is 5.95. The molecular weight excluding hydrogens is 375 g/mol. The number of hydrogen-bond donors (Lipinski definition) is 1. The molecule has 7 heteroatoms. The van der Waals surface area contributed by atoms with Crippen LogP contribution in [0.5, 0.6) is 0 Å². The van der Waals surface area contributed by atoms with Crippen LogP contribution in [0.1, 0.15) is 21.8 Å². The summed E-state index contributed by atoms with van der Waals surface area (Å²) in [5.41, 5.74) is 0.868. The van der Waals surface area contributed by atoms with Gasteiger partial charge in [0.25, 0.3) is 5.91 Å². The maximum Gasteiger partial charge on any atom is 0.254 e. The van der Waals surface area contributed by atoms with Gasteiger partial charge in [0, 0.05) is 31.7 Å². The highest BCUT2D eigenvalue weighted by Gasteiger charge is 2.68. The number of carbonyl (C=O) groups is 2. The fourth-order valence-corrected chi connectivity index (χ4v) is 4.79. The first-order valence-electron chi connectivity index (χ1n) is 9.53. The number of ether oxygens (including phenoxy) is 1. The molecule has 152 valence electrons. The van der Waals surface area contributed by atoms with Gasteiger partial charge < -0.3 is 19.6 Å². The molecule has 2 aliphatic heterocycles. The Hall–Kier alpha value is -2.77. The molecule has 0 unspecified atom stereocenters. The molecule has 2 amide bonds. The van der Waals surface area contributed by atoms with Crippen LogP contribution in [0.2, 0.25) is 0 Å². The molecule has 0 bridgehead atoms. The van der Waals surface area contributed by atoms with E-state index >= 15 is 0 Å². The Morgan fingerprint density at radius 2 is 1.79 bits per heavy atom. The van der Waals surface area contributed by atoms with Gasteiger partial charge in [-0.3, -0.25) is 9.59 Å². The predicted octanol–water partition coefficient (Wildman–Crippen LogP) is 1.65. The van der Waals surface area contributed by atoms with Gasteiger partial charge in [-0.25, -0.2) is 4.39 Å². The lowest BCUT2D eigenvalue weighted by Crippen LogP contribution is -2.86. The van der Waals surface area contributed by atoms with E-state index in [1.807, 2.05) is 30.3 Å². The fourth-order valence-electron chi connectivity index (χ4n) is 4.79. The second-order valence-electron chi connectivity index (χ2n) is 7.61. The molecule has 0 aromatic heterocycles. The molecule has 2 aromatic rings. The van der Waals surface area contributed by atoms with Gasteiger partial charge in [0.2, 0.25) is 5.91 Å². The molecule has 6 nitrogen and oxygen atoms in total. The van der Waals surface area contributed by atoms with Crippen molar-refractivity contribution < 1.29 is 23.8 Å². The van der Waals surface area contributed by atoms with Crippen molar-refractivity contribution in [1.29, 1.82) is 0 Å². The van der Waals surface area contributed by atoms with Crippen molar-refractivity contribution in [2.24, 2.45) is 0 Å². The monoisotopic (exact) mass is 398 g/mol. The first kappa shape index (κ1) is 19.5. The SMILES string of the molecule is COCC(=O)N1[C@H](CO)[C@@H](c2ccccc2)C12CN(C(=O)c1ccc(F)cc1)C2. The van der Waals surface area contributed by atoms with Gasteiger partial charge in [-0.15, -0.1) is 0 Å². The van der Waals surface area contributed by atoms with Crippen molar-refractivity contribution in [3.05, 3.63) is 71.5 Å². The summed E-state index contributed by atoms with van der Waals surface area (Å²) < 4.78 is 18.2. The lowest BCUT2D eigenvalue weighted by Gasteiger charge is -2.70. The Kier molecular flexibility index (Phi) is 5.10. The minimum absolute atomic E-state index is 0.0771. The number of halogens is 1. The largest absolute Gasteiger partial charge is 0.394 e. The predicted molar refractivity (Wildman–Crippen MR) is 104 cm³/mol. The van der Waals surface area contributed by atoms with E-state index in [-0.39, 0.29) is 37.0 Å². The Morgan fingerprint density at radius 3 is 2.38 bits per heavy atom. The molecule has 2 fully saturated rings. The molecule has 0 aliphatic carbocycles. The van der Waals surface area contributed by atoms with Crippen LogP contribution in [0.4, 0.5) is 4.39 Å². The molecule has 4 rings (SSSR count). The average molecular weight is 398 g/mol. The molecule has 2 heterocycles. The van der Waals surface area contributed by atoms with E-state index in [1.54, 1.807) is 9.80 Å². The number of hydrogen-bond acceptors (Lipinski definition) is 4. The van der Waals surface area contributed by atoms with Crippen molar-refractivity contribution in [1.82, 2.24) is 9.80 Å². The average Bonchev–Trinajstić information content (AvgIpc) is 2.68. The van der Waals surface area contributed by atoms with Gasteiger partial charge in [-0.2, -0.15) is 0 Å². The number of carbonyl (C=O) groups excluding carboxylic acids is 2. The number of nitrogens with zero attached hydrogens (tertiary/aromatic N) is 2. The number of likely N-dealkylation sites (tertiary alicyclic amines) is 2. The summed E-state index contributed by atoms with van der Waals surface area (Å²) in [6.45, 7) is 0.470. The maximum absolute atomic E-state index is 13.2. The molecule has 2 aromatic carbocycles. The third-order valence-corrected chi connectivity index (χ3v) is 5.97. The standard InChI is InChI=1S/C22H23FN2O4/c1-29-12-19(27)25-18(11-26)20(15-5-3-2-4-6-15)22(25)13-24(14-22)21(28)16-7-9-17(23)10-8-16/h2-10,18,20,26H,11-14H2,1H3/t18-,20-/m1/s1. The quantitative estimate of drug-likeness (QED) is 0.832. The summed E-state index contributed by atoms with van der Waals surface area (Å²) in [5, 5.41) is 9.99. The zero-order valence-electron chi connectivity index (χ0n) is 16.1. The number of amides is 2. The van der Waals surface area contributed by atoms with Gasteiger partial charge in [0.05, 0.1) is 18.2 Å². The minimum Gasteiger partial charge on any atom is -0.394 e. The Morgan fingerprint density at radius 1 is 1.14 bits per heavy atom. The van der Waals surface area contributed by atoms with E-state index < -0.39 is 11.4 Å². The van der Waals surface area contributed by atoms with Gasteiger partial charge in [-0.05, 0) is 29.8 Å². The summed E-state index contributed by atoms with van der Waals surface area (Å²) in [7, 11) is 1.46. The van der Waals surface area contributed by atoms with Crippen LogP contribution in [-0.4, -0.2) is 71.7 Å². The van der Waals surface area contributed by atoms with Crippen LogP contribution in [0.3, 0.4) is 0 Å². The Labute approximate surface area is 168 Å². The van der Waals surface area contributed by atoms with E-state index in [4.69, 9.17) is 4.74 Å². The first-order valence-corrected chi connectivity index (χ1v) is 9.53.